The lowest BCUT2D eigenvalue weighted by Gasteiger charge is -2.53. The van der Waals surface area contributed by atoms with Gasteiger partial charge in [0.2, 0.25) is 11.8 Å². The highest BCUT2D eigenvalue weighted by Gasteiger charge is 2.51. The number of aromatic amines is 2. The van der Waals surface area contributed by atoms with Crippen LogP contribution in [0.5, 0.6) is 0 Å². The van der Waals surface area contributed by atoms with Crippen molar-refractivity contribution in [3.05, 3.63) is 59.6 Å². The van der Waals surface area contributed by atoms with Crippen LogP contribution in [0.2, 0.25) is 0 Å². The average Bonchev–Trinajstić information content (AvgIpc) is 4.17. The predicted molar refractivity (Wildman–Crippen MR) is 258 cm³/mol. The van der Waals surface area contributed by atoms with E-state index in [2.05, 4.69) is 44.9 Å². The number of hydrogen-bond donors (Lipinski definition) is 6. The molecule has 2 bridgehead atoms. The van der Waals surface area contributed by atoms with Crippen LogP contribution < -0.4 is 10.6 Å². The summed E-state index contributed by atoms with van der Waals surface area (Å²) >= 11 is 0. The lowest BCUT2D eigenvalue weighted by atomic mass is 9.51. The van der Waals surface area contributed by atoms with Crippen LogP contribution >= 0.6 is 0 Å². The van der Waals surface area contributed by atoms with Crippen molar-refractivity contribution in [2.24, 2.45) is 11.8 Å². The van der Waals surface area contributed by atoms with Crippen LogP contribution in [0, 0.1) is 11.8 Å². The first kappa shape index (κ1) is 48.1. The van der Waals surface area contributed by atoms with Gasteiger partial charge in [-0.05, 0) is 132 Å². The number of rotatable bonds is 11. The Morgan fingerprint density at radius 1 is 0.603 bits per heavy atom. The van der Waals surface area contributed by atoms with Crippen molar-refractivity contribution < 1.29 is 29.4 Å². The standard InChI is InChI=1S/C52H76N10O6/c1-33(2)41(57-47(65)59-27-21-49(5,67)22-28-59)45(63)61-25-7-9-38(61)43-53-31-37(55-43)35-11-13-36(14-12-35)51-15-18-52(19-16-51,20-17-51)40-32-54-44(56-40)39-10-8-26-62(39)46(64)42(34(3)4)58-48(66)60-29-23-50(6,68)24-30-60/h11-14,31-34,38-39,41-42,67-68H,7-10,15-30H2,1-6H3,(H,53,55)(H,54,56)(H,57,65)(H,58,66). The van der Waals surface area contributed by atoms with E-state index in [1.54, 1.807) is 16.7 Å². The number of amides is 6. The Labute approximate surface area is 401 Å². The molecule has 4 aliphatic heterocycles. The lowest BCUT2D eigenvalue weighted by Crippen LogP contribution is -2.56. The molecule has 16 heteroatoms. The summed E-state index contributed by atoms with van der Waals surface area (Å²) in [6, 6.07) is 6.82. The summed E-state index contributed by atoms with van der Waals surface area (Å²) < 4.78 is 0. The number of fused-ring (bicyclic) bond motifs is 3. The minimum Gasteiger partial charge on any atom is -0.390 e. The molecule has 3 saturated carbocycles. The van der Waals surface area contributed by atoms with Crippen LogP contribution in [0.4, 0.5) is 9.59 Å². The van der Waals surface area contributed by atoms with E-state index in [1.165, 1.54) is 11.3 Å². The number of urea groups is 2. The second-order valence-corrected chi connectivity index (χ2v) is 22.7. The molecule has 7 aliphatic rings. The number of benzene rings is 1. The summed E-state index contributed by atoms with van der Waals surface area (Å²) in [5.41, 5.74) is 3.16. The van der Waals surface area contributed by atoms with Gasteiger partial charge < -0.3 is 50.4 Å². The fraction of sp³-hybridized carbons (Fsp3) is 0.692. The van der Waals surface area contributed by atoms with Crippen molar-refractivity contribution in [3.8, 4) is 11.3 Å². The van der Waals surface area contributed by atoms with E-state index < -0.39 is 23.3 Å². The third-order valence-electron chi connectivity index (χ3n) is 17.2. The van der Waals surface area contributed by atoms with Gasteiger partial charge >= 0.3 is 12.1 Å². The summed E-state index contributed by atoms with van der Waals surface area (Å²) in [5, 5.41) is 26.8. The highest BCUT2D eigenvalue weighted by molar-refractivity contribution is 5.88. The molecule has 6 N–H and O–H groups in total. The number of H-pyrrole nitrogens is 2. The van der Waals surface area contributed by atoms with E-state index >= 15 is 0 Å². The second kappa shape index (κ2) is 18.7. The van der Waals surface area contributed by atoms with Gasteiger partial charge in [-0.15, -0.1) is 0 Å². The molecule has 4 unspecified atom stereocenters. The number of carbonyl (C=O) groups is 4. The number of likely N-dealkylation sites (tertiary alicyclic amines) is 4. The maximum atomic E-state index is 14.2. The molecule has 0 radical (unpaired) electrons. The van der Waals surface area contributed by atoms with Crippen LogP contribution in [0.1, 0.15) is 166 Å². The molecule has 1 aromatic carbocycles. The number of imidazole rings is 2. The normalized spacial score (nSPS) is 27.7. The molecule has 10 rings (SSSR count). The SMILES string of the molecule is CC(C)C(NC(=O)N1CCC(C)(O)CC1)C(=O)N1CCCC1c1ncc(-c2ccc(C34CCC(c5cnc(C6CCCN6C(=O)C(NC(=O)N6CCC(C)(O)CC6)C(C)C)[nH]5)(CC3)CC4)cc2)[nH]1. The molecule has 6 amide bonds. The topological polar surface area (TPSA) is 203 Å². The maximum Gasteiger partial charge on any atom is 0.318 e. The predicted octanol–water partition coefficient (Wildman–Crippen LogP) is 6.83. The van der Waals surface area contributed by atoms with Crippen LogP contribution in [0.3, 0.4) is 0 Å². The third-order valence-corrected chi connectivity index (χ3v) is 17.2. The summed E-state index contributed by atoms with van der Waals surface area (Å²) in [7, 11) is 0. The largest absolute Gasteiger partial charge is 0.390 e. The maximum absolute atomic E-state index is 14.2. The van der Waals surface area contributed by atoms with E-state index in [-0.39, 0.29) is 58.6 Å². The first-order valence-electron chi connectivity index (χ1n) is 25.7. The molecule has 4 saturated heterocycles. The van der Waals surface area contributed by atoms with Crippen molar-refractivity contribution in [1.29, 1.82) is 0 Å². The molecular formula is C52H76N10O6. The Balaban J connectivity index is 0.807. The van der Waals surface area contributed by atoms with Gasteiger partial charge in [-0.2, -0.15) is 0 Å². The Morgan fingerprint density at radius 2 is 1.03 bits per heavy atom. The zero-order valence-electron chi connectivity index (χ0n) is 41.3. The number of hydrogen-bond acceptors (Lipinski definition) is 8. The minimum absolute atomic E-state index is 0.0347. The first-order chi connectivity index (χ1) is 32.4. The van der Waals surface area contributed by atoms with E-state index in [4.69, 9.17) is 9.97 Å². The summed E-state index contributed by atoms with van der Waals surface area (Å²) in [6.45, 7) is 14.6. The zero-order valence-corrected chi connectivity index (χ0v) is 41.3. The zero-order chi connectivity index (χ0) is 48.2. The minimum atomic E-state index is -0.765. The monoisotopic (exact) mass is 937 g/mol. The highest BCUT2D eigenvalue weighted by Crippen LogP contribution is 2.58. The number of nitrogens with one attached hydrogen (secondary N) is 4. The molecule has 2 aromatic heterocycles. The van der Waals surface area contributed by atoms with Gasteiger partial charge in [-0.1, -0.05) is 52.0 Å². The van der Waals surface area contributed by atoms with Crippen LogP contribution in [0.25, 0.3) is 11.3 Å². The molecule has 6 heterocycles. The summed E-state index contributed by atoms with van der Waals surface area (Å²) in [4.78, 5) is 79.2. The van der Waals surface area contributed by atoms with Gasteiger partial charge in [-0.3, -0.25) is 9.59 Å². The smallest absolute Gasteiger partial charge is 0.318 e. The Morgan fingerprint density at radius 3 is 1.49 bits per heavy atom. The van der Waals surface area contributed by atoms with Crippen LogP contribution in [-0.2, 0) is 20.4 Å². The van der Waals surface area contributed by atoms with Gasteiger partial charge in [0, 0.05) is 56.6 Å². The van der Waals surface area contributed by atoms with Gasteiger partial charge in [0.15, 0.2) is 0 Å². The van der Waals surface area contributed by atoms with Gasteiger partial charge in [0.25, 0.3) is 0 Å². The van der Waals surface area contributed by atoms with Gasteiger partial charge in [0.05, 0.1) is 35.2 Å². The second-order valence-electron chi connectivity index (χ2n) is 22.7. The lowest BCUT2D eigenvalue weighted by molar-refractivity contribution is -0.136. The first-order valence-corrected chi connectivity index (χ1v) is 25.7. The molecule has 4 atom stereocenters. The molecule has 3 aliphatic carbocycles. The van der Waals surface area contributed by atoms with Crippen molar-refractivity contribution in [2.45, 2.75) is 178 Å². The number of nitrogens with zero attached hydrogens (tertiary/aromatic N) is 6. The fourth-order valence-corrected chi connectivity index (χ4v) is 12.3. The molecule has 370 valence electrons. The number of carbonyl (C=O) groups excluding carboxylic acids is 4. The van der Waals surface area contributed by atoms with Crippen molar-refractivity contribution >= 4 is 23.9 Å². The Bertz CT molecular complexity index is 2270. The third kappa shape index (κ3) is 9.52. The van der Waals surface area contributed by atoms with E-state index in [1.807, 2.05) is 56.8 Å². The highest BCUT2D eigenvalue weighted by atomic mass is 16.3. The number of piperidine rings is 2. The van der Waals surface area contributed by atoms with Crippen molar-refractivity contribution in [2.75, 3.05) is 39.3 Å². The molecule has 16 nitrogen and oxygen atoms in total. The summed E-state index contributed by atoms with van der Waals surface area (Å²) in [5.74, 6) is 1.27. The molecular weight excluding hydrogens is 861 g/mol. The molecule has 7 fully saturated rings. The quantitative estimate of drug-likeness (QED) is 0.120. The Kier molecular flexibility index (Phi) is 13.3. The molecule has 68 heavy (non-hydrogen) atoms. The van der Waals surface area contributed by atoms with Crippen LogP contribution in [-0.4, -0.2) is 136 Å². The molecule has 3 aromatic rings. The number of aromatic nitrogens is 4. The van der Waals surface area contributed by atoms with Crippen molar-refractivity contribution in [1.82, 2.24) is 50.2 Å². The van der Waals surface area contributed by atoms with Gasteiger partial charge in [-0.25, -0.2) is 19.6 Å². The van der Waals surface area contributed by atoms with Gasteiger partial charge in [0.1, 0.15) is 23.7 Å². The van der Waals surface area contributed by atoms with E-state index in [9.17, 15) is 29.4 Å². The van der Waals surface area contributed by atoms with E-state index in [0.29, 0.717) is 65.0 Å². The van der Waals surface area contributed by atoms with Crippen molar-refractivity contribution in [3.63, 3.8) is 0 Å². The van der Waals surface area contributed by atoms with Crippen LogP contribution in [0.15, 0.2) is 36.7 Å². The van der Waals surface area contributed by atoms with E-state index in [0.717, 1.165) is 87.1 Å². The summed E-state index contributed by atoms with van der Waals surface area (Å²) in [6.07, 6.45) is 15.8. The Hall–Kier alpha value is -4.96. The number of aliphatic hydroxyl groups is 2. The fourth-order valence-electron chi connectivity index (χ4n) is 12.3. The average molecular weight is 937 g/mol. The molecule has 0 spiro atoms.